The summed E-state index contributed by atoms with van der Waals surface area (Å²) in [5.74, 6) is -1.15. The van der Waals surface area contributed by atoms with Crippen LogP contribution in [0.15, 0.2) is 48.5 Å². The standard InChI is InChI=1S/C27H32N2O6/c30-25(29-16-19(26(31)32)15-18-9-10-18)11-13-34-14-12-28-27(33)35-17-24-22-7-3-1-5-20(22)21-6-2-4-8-23(21)24/h1-8,18-19,24H,9-17H2,(H,28,33)(H,29,30)(H,31,32). The minimum atomic E-state index is -0.868. The van der Waals surface area contributed by atoms with Crippen molar-refractivity contribution in [2.45, 2.75) is 31.6 Å². The molecule has 2 aliphatic rings. The van der Waals surface area contributed by atoms with E-state index in [9.17, 15) is 19.5 Å². The van der Waals surface area contributed by atoms with Crippen LogP contribution in [0.1, 0.15) is 42.7 Å². The number of rotatable bonds is 13. The van der Waals surface area contributed by atoms with Gasteiger partial charge in [0.1, 0.15) is 6.61 Å². The van der Waals surface area contributed by atoms with Gasteiger partial charge in [0.2, 0.25) is 5.91 Å². The molecular weight excluding hydrogens is 448 g/mol. The molecular formula is C27H32N2O6. The first-order valence-corrected chi connectivity index (χ1v) is 12.2. The number of hydrogen-bond acceptors (Lipinski definition) is 5. The van der Waals surface area contributed by atoms with E-state index in [2.05, 4.69) is 34.9 Å². The Labute approximate surface area is 205 Å². The van der Waals surface area contributed by atoms with Gasteiger partial charge >= 0.3 is 12.1 Å². The van der Waals surface area contributed by atoms with Crippen molar-refractivity contribution in [1.82, 2.24) is 10.6 Å². The maximum atomic E-state index is 12.1. The van der Waals surface area contributed by atoms with Gasteiger partial charge in [-0.2, -0.15) is 0 Å². The summed E-state index contributed by atoms with van der Waals surface area (Å²) in [4.78, 5) is 35.3. The minimum Gasteiger partial charge on any atom is -0.481 e. The highest BCUT2D eigenvalue weighted by Gasteiger charge is 2.30. The van der Waals surface area contributed by atoms with Crippen LogP contribution in [-0.4, -0.2) is 56.0 Å². The van der Waals surface area contributed by atoms with Crippen molar-refractivity contribution in [2.24, 2.45) is 11.8 Å². The topological polar surface area (TPSA) is 114 Å². The van der Waals surface area contributed by atoms with Gasteiger partial charge in [0.15, 0.2) is 0 Å². The van der Waals surface area contributed by atoms with Crippen molar-refractivity contribution in [1.29, 1.82) is 0 Å². The van der Waals surface area contributed by atoms with E-state index >= 15 is 0 Å². The van der Waals surface area contributed by atoms with Crippen molar-refractivity contribution in [2.75, 3.05) is 32.9 Å². The number of carbonyl (C=O) groups excluding carboxylic acids is 2. The van der Waals surface area contributed by atoms with Crippen LogP contribution in [0.25, 0.3) is 11.1 Å². The molecule has 4 rings (SSSR count). The van der Waals surface area contributed by atoms with E-state index in [4.69, 9.17) is 9.47 Å². The van der Waals surface area contributed by atoms with Crippen LogP contribution >= 0.6 is 0 Å². The highest BCUT2D eigenvalue weighted by atomic mass is 16.5. The molecule has 1 saturated carbocycles. The second kappa shape index (κ2) is 11.8. The molecule has 8 heteroatoms. The fourth-order valence-electron chi connectivity index (χ4n) is 4.49. The molecule has 1 fully saturated rings. The minimum absolute atomic E-state index is 0.00733. The molecule has 0 spiro atoms. The van der Waals surface area contributed by atoms with E-state index in [-0.39, 0.29) is 51.2 Å². The van der Waals surface area contributed by atoms with E-state index in [1.54, 1.807) is 0 Å². The molecule has 186 valence electrons. The van der Waals surface area contributed by atoms with Crippen molar-refractivity contribution in [3.05, 3.63) is 59.7 Å². The molecule has 2 amide bonds. The van der Waals surface area contributed by atoms with E-state index in [1.165, 1.54) is 11.1 Å². The fourth-order valence-corrected chi connectivity index (χ4v) is 4.49. The monoisotopic (exact) mass is 480 g/mol. The first-order chi connectivity index (χ1) is 17.0. The predicted molar refractivity (Wildman–Crippen MR) is 130 cm³/mol. The van der Waals surface area contributed by atoms with Gasteiger partial charge in [-0.3, -0.25) is 9.59 Å². The number of ether oxygens (including phenoxy) is 2. The van der Waals surface area contributed by atoms with E-state index in [0.29, 0.717) is 12.3 Å². The zero-order chi connectivity index (χ0) is 24.6. The van der Waals surface area contributed by atoms with Crippen LogP contribution in [0.2, 0.25) is 0 Å². The molecule has 2 aliphatic carbocycles. The second-order valence-corrected chi connectivity index (χ2v) is 9.13. The van der Waals surface area contributed by atoms with Crippen LogP contribution in [0.3, 0.4) is 0 Å². The van der Waals surface area contributed by atoms with Gasteiger partial charge < -0.3 is 25.2 Å². The van der Waals surface area contributed by atoms with E-state index in [1.807, 2.05) is 24.3 Å². The Kier molecular flexibility index (Phi) is 8.36. The normalized spacial score (nSPS) is 15.1. The molecule has 0 bridgehead atoms. The summed E-state index contributed by atoms with van der Waals surface area (Å²) in [5, 5.41) is 14.6. The fraction of sp³-hybridized carbons (Fsp3) is 0.444. The van der Waals surface area contributed by atoms with Crippen LogP contribution in [0, 0.1) is 11.8 Å². The number of benzene rings is 2. The van der Waals surface area contributed by atoms with Gasteiger partial charge in [0, 0.05) is 25.4 Å². The van der Waals surface area contributed by atoms with Crippen molar-refractivity contribution >= 4 is 18.0 Å². The van der Waals surface area contributed by atoms with Crippen LogP contribution in [0.5, 0.6) is 0 Å². The summed E-state index contributed by atoms with van der Waals surface area (Å²) in [7, 11) is 0. The van der Waals surface area contributed by atoms with Crippen molar-refractivity contribution < 1.29 is 29.0 Å². The van der Waals surface area contributed by atoms with Gasteiger partial charge in [-0.15, -0.1) is 0 Å². The van der Waals surface area contributed by atoms with E-state index in [0.717, 1.165) is 24.0 Å². The number of carboxylic acid groups (broad SMARTS) is 1. The number of carboxylic acids is 1. The molecule has 8 nitrogen and oxygen atoms in total. The average molecular weight is 481 g/mol. The van der Waals surface area contributed by atoms with Crippen LogP contribution < -0.4 is 10.6 Å². The largest absolute Gasteiger partial charge is 0.481 e. The number of nitrogens with one attached hydrogen (secondary N) is 2. The zero-order valence-corrected chi connectivity index (χ0v) is 19.7. The Morgan fingerprint density at radius 3 is 2.23 bits per heavy atom. The zero-order valence-electron chi connectivity index (χ0n) is 19.7. The average Bonchev–Trinajstić information content (AvgIpc) is 3.63. The highest BCUT2D eigenvalue weighted by molar-refractivity contribution is 5.79. The maximum absolute atomic E-state index is 12.1. The first-order valence-electron chi connectivity index (χ1n) is 12.2. The predicted octanol–water partition coefficient (Wildman–Crippen LogP) is 3.55. The third-order valence-electron chi connectivity index (χ3n) is 6.54. The molecule has 1 unspecified atom stereocenters. The first kappa shape index (κ1) is 24.7. The Morgan fingerprint density at radius 2 is 1.60 bits per heavy atom. The number of fused-ring (bicyclic) bond motifs is 3. The van der Waals surface area contributed by atoms with Gasteiger partial charge in [-0.05, 0) is 34.6 Å². The Morgan fingerprint density at radius 1 is 0.943 bits per heavy atom. The summed E-state index contributed by atoms with van der Waals surface area (Å²) in [5.41, 5.74) is 4.67. The third-order valence-corrected chi connectivity index (χ3v) is 6.54. The summed E-state index contributed by atoms with van der Waals surface area (Å²) < 4.78 is 10.9. The third kappa shape index (κ3) is 6.82. The number of carbonyl (C=O) groups is 3. The van der Waals surface area contributed by atoms with Gasteiger partial charge in [-0.1, -0.05) is 61.4 Å². The lowest BCUT2D eigenvalue weighted by atomic mass is 9.98. The number of amides is 2. The summed E-state index contributed by atoms with van der Waals surface area (Å²) in [6.45, 7) is 1.10. The molecule has 0 aliphatic heterocycles. The van der Waals surface area contributed by atoms with Gasteiger partial charge in [-0.25, -0.2) is 4.79 Å². The number of alkyl carbamates (subject to hydrolysis) is 1. The molecule has 0 saturated heterocycles. The van der Waals surface area contributed by atoms with Crippen LogP contribution in [0.4, 0.5) is 4.79 Å². The molecule has 0 aromatic heterocycles. The second-order valence-electron chi connectivity index (χ2n) is 9.13. The Bertz CT molecular complexity index is 1010. The lowest BCUT2D eigenvalue weighted by Gasteiger charge is -2.14. The van der Waals surface area contributed by atoms with Crippen LogP contribution in [-0.2, 0) is 19.1 Å². The molecule has 0 heterocycles. The van der Waals surface area contributed by atoms with Gasteiger partial charge in [0.25, 0.3) is 0 Å². The summed E-state index contributed by atoms with van der Waals surface area (Å²) in [6.07, 6.45) is 2.41. The summed E-state index contributed by atoms with van der Waals surface area (Å²) in [6, 6.07) is 16.3. The molecule has 3 N–H and O–H groups in total. The van der Waals surface area contributed by atoms with Crippen molar-refractivity contribution in [3.63, 3.8) is 0 Å². The maximum Gasteiger partial charge on any atom is 0.407 e. The Balaban J connectivity index is 1.09. The van der Waals surface area contributed by atoms with Gasteiger partial charge in [0.05, 0.1) is 19.1 Å². The number of aliphatic carboxylic acids is 1. The lowest BCUT2D eigenvalue weighted by Crippen LogP contribution is -2.34. The molecule has 2 aromatic rings. The quantitative estimate of drug-likeness (QED) is 0.378. The molecule has 35 heavy (non-hydrogen) atoms. The lowest BCUT2D eigenvalue weighted by molar-refractivity contribution is -0.142. The smallest absolute Gasteiger partial charge is 0.407 e. The van der Waals surface area contributed by atoms with Crippen molar-refractivity contribution in [3.8, 4) is 11.1 Å². The Hall–Kier alpha value is -3.39. The molecule has 1 atom stereocenters. The number of hydrogen-bond donors (Lipinski definition) is 3. The van der Waals surface area contributed by atoms with E-state index < -0.39 is 18.0 Å². The highest BCUT2D eigenvalue weighted by Crippen LogP contribution is 2.44. The molecule has 2 aromatic carbocycles. The SMILES string of the molecule is O=C(CCOCCNC(=O)OCC1c2ccccc2-c2ccccc21)NCC(CC1CC1)C(=O)O. The molecule has 0 radical (unpaired) electrons. The summed E-state index contributed by atoms with van der Waals surface area (Å²) >= 11 is 0.